The topological polar surface area (TPSA) is 86.8 Å². The van der Waals surface area contributed by atoms with Crippen molar-refractivity contribution in [2.24, 2.45) is 0 Å². The van der Waals surface area contributed by atoms with Gasteiger partial charge in [-0.2, -0.15) is 0 Å². The number of carbonyl (C=O) groups excluding carboxylic acids is 2. The Morgan fingerprint density at radius 2 is 1.69 bits per heavy atom. The van der Waals surface area contributed by atoms with Crippen LogP contribution in [0.3, 0.4) is 0 Å². The molecule has 190 valence electrons. The largest absolute Gasteiger partial charge is 0.352 e. The summed E-state index contributed by atoms with van der Waals surface area (Å²) in [5, 5.41) is 3.00. The van der Waals surface area contributed by atoms with Crippen LogP contribution in [0.5, 0.6) is 0 Å². The number of halogens is 2. The van der Waals surface area contributed by atoms with Crippen molar-refractivity contribution in [3.63, 3.8) is 0 Å². The highest BCUT2D eigenvalue weighted by Gasteiger charge is 2.31. The van der Waals surface area contributed by atoms with Crippen molar-refractivity contribution in [2.75, 3.05) is 17.1 Å². The third-order valence-corrected chi connectivity index (χ3v) is 7.30. The second-order valence-electron chi connectivity index (χ2n) is 8.92. The number of carbonyl (C=O) groups is 2. The van der Waals surface area contributed by atoms with Gasteiger partial charge >= 0.3 is 0 Å². The summed E-state index contributed by atoms with van der Waals surface area (Å²) in [6.45, 7) is 0.927. The van der Waals surface area contributed by atoms with Crippen LogP contribution in [0.2, 0.25) is 0 Å². The van der Waals surface area contributed by atoms with Crippen LogP contribution < -0.4 is 9.62 Å². The lowest BCUT2D eigenvalue weighted by atomic mass is 9.95. The molecular weight excluding hydrogens is 476 g/mol. The average molecular weight is 508 g/mol. The van der Waals surface area contributed by atoms with Gasteiger partial charge < -0.3 is 10.2 Å². The van der Waals surface area contributed by atoms with Gasteiger partial charge in [-0.15, -0.1) is 0 Å². The molecule has 0 spiro atoms. The quantitative estimate of drug-likeness (QED) is 0.562. The van der Waals surface area contributed by atoms with Gasteiger partial charge in [-0.3, -0.25) is 13.9 Å². The van der Waals surface area contributed by atoms with E-state index in [9.17, 15) is 26.8 Å². The molecule has 1 aliphatic rings. The number of sulfonamides is 1. The molecule has 1 N–H and O–H groups in total. The molecule has 1 aliphatic carbocycles. The standard InChI is InChI=1S/C25H31F2N3O4S/c1-18(25(32)28-22-8-4-3-5-9-22)29(16-19-11-13-20(26)14-12-19)24(31)17-30(35(2,33)34)23-10-6-7-21(27)15-23/h6-7,10-15,18,22H,3-5,8-9,16-17H2,1-2H3,(H,28,32). The van der Waals surface area contributed by atoms with Crippen molar-refractivity contribution in [2.45, 2.75) is 57.7 Å². The monoisotopic (exact) mass is 507 g/mol. The number of amides is 2. The molecule has 2 amide bonds. The third-order valence-electron chi connectivity index (χ3n) is 6.16. The Morgan fingerprint density at radius 3 is 2.29 bits per heavy atom. The van der Waals surface area contributed by atoms with Crippen molar-refractivity contribution in [1.29, 1.82) is 0 Å². The van der Waals surface area contributed by atoms with Gasteiger partial charge in [-0.1, -0.05) is 37.5 Å². The van der Waals surface area contributed by atoms with Gasteiger partial charge in [0.05, 0.1) is 11.9 Å². The highest BCUT2D eigenvalue weighted by molar-refractivity contribution is 7.92. The van der Waals surface area contributed by atoms with Crippen LogP contribution in [0, 0.1) is 11.6 Å². The first-order valence-electron chi connectivity index (χ1n) is 11.6. The summed E-state index contributed by atoms with van der Waals surface area (Å²) in [5.41, 5.74) is 0.579. The summed E-state index contributed by atoms with van der Waals surface area (Å²) in [6, 6.07) is 9.56. The minimum absolute atomic E-state index is 0.00175. The molecule has 0 aromatic heterocycles. The number of benzene rings is 2. The molecule has 2 aromatic rings. The predicted octanol–water partition coefficient (Wildman–Crippen LogP) is 3.60. The van der Waals surface area contributed by atoms with E-state index < -0.39 is 40.2 Å². The Bertz CT molecular complexity index is 1140. The maximum atomic E-state index is 13.8. The molecule has 3 rings (SSSR count). The lowest BCUT2D eigenvalue weighted by Crippen LogP contribution is -2.53. The van der Waals surface area contributed by atoms with Crippen LogP contribution in [0.4, 0.5) is 14.5 Å². The van der Waals surface area contributed by atoms with Crippen molar-refractivity contribution in [1.82, 2.24) is 10.2 Å². The molecule has 1 fully saturated rings. The predicted molar refractivity (Wildman–Crippen MR) is 130 cm³/mol. The fraction of sp³-hybridized carbons (Fsp3) is 0.440. The van der Waals surface area contributed by atoms with E-state index in [1.165, 1.54) is 47.4 Å². The third kappa shape index (κ3) is 7.48. The fourth-order valence-corrected chi connectivity index (χ4v) is 5.02. The molecule has 1 saturated carbocycles. The number of hydrogen-bond acceptors (Lipinski definition) is 4. The van der Waals surface area contributed by atoms with Crippen molar-refractivity contribution in [3.05, 3.63) is 65.7 Å². The SMILES string of the molecule is CC(C(=O)NC1CCCCC1)N(Cc1ccc(F)cc1)C(=O)CN(c1cccc(F)c1)S(C)(=O)=O. The first-order chi connectivity index (χ1) is 16.5. The van der Waals surface area contributed by atoms with Crippen molar-refractivity contribution >= 4 is 27.5 Å². The molecular formula is C25H31F2N3O4S. The molecule has 10 heteroatoms. The highest BCUT2D eigenvalue weighted by Crippen LogP contribution is 2.21. The molecule has 0 saturated heterocycles. The second kappa shape index (κ2) is 11.6. The molecule has 0 aliphatic heterocycles. The lowest BCUT2D eigenvalue weighted by molar-refractivity contribution is -0.139. The fourth-order valence-electron chi connectivity index (χ4n) is 4.18. The number of nitrogens with one attached hydrogen (secondary N) is 1. The molecule has 7 nitrogen and oxygen atoms in total. The number of hydrogen-bond donors (Lipinski definition) is 1. The summed E-state index contributed by atoms with van der Waals surface area (Å²) in [7, 11) is -3.94. The zero-order chi connectivity index (χ0) is 25.6. The second-order valence-corrected chi connectivity index (χ2v) is 10.8. The Morgan fingerprint density at radius 1 is 1.03 bits per heavy atom. The molecule has 1 unspecified atom stereocenters. The van der Waals surface area contributed by atoms with Gasteiger partial charge in [0.15, 0.2) is 0 Å². The number of anilines is 1. The Kier molecular flexibility index (Phi) is 8.82. The van der Waals surface area contributed by atoms with Crippen molar-refractivity contribution < 1.29 is 26.8 Å². The summed E-state index contributed by atoms with van der Waals surface area (Å²) in [6.07, 6.45) is 5.83. The zero-order valence-corrected chi connectivity index (χ0v) is 20.7. The minimum atomic E-state index is -3.94. The van der Waals surface area contributed by atoms with E-state index in [4.69, 9.17) is 0 Å². The smallest absolute Gasteiger partial charge is 0.244 e. The first-order valence-corrected chi connectivity index (χ1v) is 13.5. The molecule has 35 heavy (non-hydrogen) atoms. The van der Waals surface area contributed by atoms with E-state index >= 15 is 0 Å². The molecule has 0 heterocycles. The maximum absolute atomic E-state index is 13.8. The van der Waals surface area contributed by atoms with Crippen LogP contribution in [0.25, 0.3) is 0 Å². The van der Waals surface area contributed by atoms with E-state index in [2.05, 4.69) is 5.32 Å². The van der Waals surface area contributed by atoms with Crippen molar-refractivity contribution in [3.8, 4) is 0 Å². The maximum Gasteiger partial charge on any atom is 0.244 e. The van der Waals surface area contributed by atoms with Crippen LogP contribution >= 0.6 is 0 Å². The highest BCUT2D eigenvalue weighted by atomic mass is 32.2. The molecule has 1 atom stereocenters. The van der Waals surface area contributed by atoms with E-state index in [0.29, 0.717) is 5.56 Å². The average Bonchev–Trinajstić information content (AvgIpc) is 2.81. The van der Waals surface area contributed by atoms with Gasteiger partial charge in [0.2, 0.25) is 21.8 Å². The van der Waals surface area contributed by atoms with Gasteiger partial charge in [-0.05, 0) is 55.7 Å². The lowest BCUT2D eigenvalue weighted by Gasteiger charge is -2.33. The van der Waals surface area contributed by atoms with Gasteiger partial charge in [0.1, 0.15) is 24.2 Å². The summed E-state index contributed by atoms with van der Waals surface area (Å²) < 4.78 is 53.0. The van der Waals surface area contributed by atoms with Gasteiger partial charge in [0, 0.05) is 12.6 Å². The summed E-state index contributed by atoms with van der Waals surface area (Å²) in [5.74, 6) is -2.07. The summed E-state index contributed by atoms with van der Waals surface area (Å²) in [4.78, 5) is 27.8. The van der Waals surface area contributed by atoms with Gasteiger partial charge in [0.25, 0.3) is 0 Å². The van der Waals surface area contributed by atoms with E-state index in [0.717, 1.165) is 48.7 Å². The number of rotatable bonds is 9. The Labute approximate surface area is 205 Å². The minimum Gasteiger partial charge on any atom is -0.352 e. The summed E-state index contributed by atoms with van der Waals surface area (Å²) >= 11 is 0. The van der Waals surface area contributed by atoms with Gasteiger partial charge in [-0.25, -0.2) is 17.2 Å². The van der Waals surface area contributed by atoms with E-state index in [1.807, 2.05) is 0 Å². The van der Waals surface area contributed by atoms with Crippen LogP contribution in [-0.2, 0) is 26.2 Å². The number of nitrogens with zero attached hydrogens (tertiary/aromatic N) is 2. The molecule has 0 bridgehead atoms. The Hall–Kier alpha value is -3.01. The molecule has 0 radical (unpaired) electrons. The Balaban J connectivity index is 1.86. The normalized spacial score (nSPS) is 15.3. The molecule has 2 aromatic carbocycles. The van der Waals surface area contributed by atoms with Crippen LogP contribution in [0.1, 0.15) is 44.6 Å². The zero-order valence-electron chi connectivity index (χ0n) is 19.9. The van der Waals surface area contributed by atoms with E-state index in [1.54, 1.807) is 6.92 Å². The van der Waals surface area contributed by atoms with Crippen LogP contribution in [-0.4, -0.2) is 50.0 Å². The van der Waals surface area contributed by atoms with E-state index in [-0.39, 0.29) is 24.2 Å². The van der Waals surface area contributed by atoms with Crippen LogP contribution in [0.15, 0.2) is 48.5 Å². The first kappa shape index (κ1) is 26.6.